The average molecular weight is 405 g/mol. The smallest absolute Gasteiger partial charge is 0.243 e. The molecule has 118 valence electrons. The van der Waals surface area contributed by atoms with Crippen LogP contribution in [0.1, 0.15) is 5.56 Å². The number of ether oxygens (including phenoxy) is 1. The van der Waals surface area contributed by atoms with Crippen LogP contribution in [0, 0.1) is 0 Å². The van der Waals surface area contributed by atoms with E-state index in [2.05, 4.69) is 15.9 Å². The number of hydrogen-bond acceptors (Lipinski definition) is 3. The van der Waals surface area contributed by atoms with E-state index in [1.165, 1.54) is 30.6 Å². The van der Waals surface area contributed by atoms with Crippen molar-refractivity contribution < 1.29 is 13.2 Å². The van der Waals surface area contributed by atoms with Crippen molar-refractivity contribution >= 4 is 37.6 Å². The van der Waals surface area contributed by atoms with Crippen LogP contribution < -0.4 is 4.74 Å². The third-order valence-electron chi connectivity index (χ3n) is 3.13. The monoisotopic (exact) mass is 403 g/mol. The maximum absolute atomic E-state index is 12.6. The summed E-state index contributed by atoms with van der Waals surface area (Å²) in [4.78, 5) is 0.199. The molecule has 7 heteroatoms. The van der Waals surface area contributed by atoms with Crippen LogP contribution in [0.4, 0.5) is 0 Å². The summed E-state index contributed by atoms with van der Waals surface area (Å²) in [7, 11) is -0.529. The number of hydrogen-bond donors (Lipinski definition) is 0. The molecule has 2 aromatic rings. The van der Waals surface area contributed by atoms with Gasteiger partial charge >= 0.3 is 0 Å². The zero-order valence-electron chi connectivity index (χ0n) is 12.1. The van der Waals surface area contributed by atoms with Gasteiger partial charge in [-0.15, -0.1) is 0 Å². The molecule has 0 bridgehead atoms. The summed E-state index contributed by atoms with van der Waals surface area (Å²) < 4.78 is 32.2. The first-order valence-electron chi connectivity index (χ1n) is 6.39. The summed E-state index contributed by atoms with van der Waals surface area (Å²) in [6, 6.07) is 11.8. The number of halogens is 2. The minimum absolute atomic E-state index is 0.199. The molecule has 0 aliphatic heterocycles. The molecule has 0 aliphatic carbocycles. The Bertz CT molecular complexity index is 780. The largest absolute Gasteiger partial charge is 0.496 e. The number of rotatable bonds is 5. The maximum atomic E-state index is 12.6. The standard InChI is InChI=1S/C15H15BrClNO3S/c1-18(10-11-4-3-5-12(17)8-11)22(19,20)13-6-7-15(21-2)14(16)9-13/h3-9H,10H2,1-2H3. The minimum Gasteiger partial charge on any atom is -0.496 e. The van der Waals surface area contributed by atoms with Crippen LogP contribution in [0.2, 0.25) is 5.02 Å². The zero-order valence-corrected chi connectivity index (χ0v) is 15.2. The lowest BCUT2D eigenvalue weighted by molar-refractivity contribution is 0.411. The van der Waals surface area contributed by atoms with Gasteiger partial charge in [-0.2, -0.15) is 4.31 Å². The molecule has 2 aromatic carbocycles. The zero-order chi connectivity index (χ0) is 16.3. The Balaban J connectivity index is 2.27. The van der Waals surface area contributed by atoms with Crippen LogP contribution in [-0.2, 0) is 16.6 Å². The SMILES string of the molecule is COc1ccc(S(=O)(=O)N(C)Cc2cccc(Cl)c2)cc1Br. The summed E-state index contributed by atoms with van der Waals surface area (Å²) >= 11 is 9.23. The normalized spacial score (nSPS) is 11.7. The van der Waals surface area contributed by atoms with E-state index < -0.39 is 10.0 Å². The first-order chi connectivity index (χ1) is 10.3. The second-order valence-electron chi connectivity index (χ2n) is 4.69. The number of benzene rings is 2. The lowest BCUT2D eigenvalue weighted by atomic mass is 10.2. The van der Waals surface area contributed by atoms with E-state index in [-0.39, 0.29) is 11.4 Å². The van der Waals surface area contributed by atoms with Crippen molar-refractivity contribution in [3.8, 4) is 5.75 Å². The highest BCUT2D eigenvalue weighted by Gasteiger charge is 2.22. The van der Waals surface area contributed by atoms with E-state index in [0.29, 0.717) is 15.2 Å². The summed E-state index contributed by atoms with van der Waals surface area (Å²) in [6.45, 7) is 0.243. The highest BCUT2D eigenvalue weighted by molar-refractivity contribution is 9.10. The highest BCUT2D eigenvalue weighted by Crippen LogP contribution is 2.29. The molecule has 0 aromatic heterocycles. The molecule has 22 heavy (non-hydrogen) atoms. The second-order valence-corrected chi connectivity index (χ2v) is 8.02. The van der Waals surface area contributed by atoms with Crippen LogP contribution in [0.3, 0.4) is 0 Å². The van der Waals surface area contributed by atoms with Gasteiger partial charge in [0.1, 0.15) is 5.75 Å². The van der Waals surface area contributed by atoms with Crippen LogP contribution in [0.5, 0.6) is 5.75 Å². The predicted octanol–water partition coefficient (Wildman–Crippen LogP) is 3.93. The molecular formula is C15H15BrClNO3S. The molecule has 0 unspecified atom stereocenters. The maximum Gasteiger partial charge on any atom is 0.243 e. The molecule has 0 amide bonds. The van der Waals surface area contributed by atoms with Crippen LogP contribution in [0.25, 0.3) is 0 Å². The molecule has 0 N–H and O–H groups in total. The van der Waals surface area contributed by atoms with Crippen molar-refractivity contribution in [3.63, 3.8) is 0 Å². The average Bonchev–Trinajstić information content (AvgIpc) is 2.47. The van der Waals surface area contributed by atoms with Gasteiger partial charge in [0, 0.05) is 18.6 Å². The van der Waals surface area contributed by atoms with E-state index in [4.69, 9.17) is 16.3 Å². The number of nitrogens with zero attached hydrogens (tertiary/aromatic N) is 1. The lowest BCUT2D eigenvalue weighted by Crippen LogP contribution is -2.26. The Morgan fingerprint density at radius 1 is 1.23 bits per heavy atom. The van der Waals surface area contributed by atoms with Crippen molar-refractivity contribution in [1.29, 1.82) is 0 Å². The minimum atomic E-state index is -3.59. The van der Waals surface area contributed by atoms with Crippen molar-refractivity contribution in [1.82, 2.24) is 4.31 Å². The van der Waals surface area contributed by atoms with Crippen LogP contribution in [0.15, 0.2) is 51.8 Å². The van der Waals surface area contributed by atoms with Crippen molar-refractivity contribution in [2.24, 2.45) is 0 Å². The van der Waals surface area contributed by atoms with E-state index in [1.807, 2.05) is 6.07 Å². The van der Waals surface area contributed by atoms with Crippen LogP contribution in [-0.4, -0.2) is 26.9 Å². The molecule has 0 heterocycles. The molecule has 4 nitrogen and oxygen atoms in total. The Kier molecular flexibility index (Phi) is 5.50. The van der Waals surface area contributed by atoms with E-state index in [1.54, 1.807) is 24.3 Å². The predicted molar refractivity (Wildman–Crippen MR) is 90.8 cm³/mol. The summed E-state index contributed by atoms with van der Waals surface area (Å²) in [5.74, 6) is 0.580. The van der Waals surface area contributed by atoms with E-state index >= 15 is 0 Å². The van der Waals surface area contributed by atoms with Crippen molar-refractivity contribution in [3.05, 3.63) is 57.5 Å². The Hall–Kier alpha value is -1.08. The summed E-state index contributed by atoms with van der Waals surface area (Å²) in [5.41, 5.74) is 0.825. The van der Waals surface area contributed by atoms with Crippen molar-refractivity contribution in [2.75, 3.05) is 14.2 Å². The molecule has 2 rings (SSSR count). The highest BCUT2D eigenvalue weighted by atomic mass is 79.9. The fourth-order valence-corrected chi connectivity index (χ4v) is 4.06. The molecule has 0 fully saturated rings. The van der Waals surface area contributed by atoms with Gasteiger partial charge in [-0.1, -0.05) is 23.7 Å². The molecule has 0 saturated heterocycles. The third kappa shape index (κ3) is 3.81. The molecular weight excluding hydrogens is 390 g/mol. The molecule has 0 saturated carbocycles. The Labute approximate surface area is 143 Å². The first kappa shape index (κ1) is 17.3. The lowest BCUT2D eigenvalue weighted by Gasteiger charge is -2.18. The van der Waals surface area contributed by atoms with E-state index in [0.717, 1.165) is 5.56 Å². The fourth-order valence-electron chi connectivity index (χ4n) is 1.96. The van der Waals surface area contributed by atoms with Crippen LogP contribution >= 0.6 is 27.5 Å². The quantitative estimate of drug-likeness (QED) is 0.758. The third-order valence-corrected chi connectivity index (χ3v) is 5.78. The van der Waals surface area contributed by atoms with Gasteiger partial charge < -0.3 is 4.74 Å². The molecule has 0 aliphatic rings. The topological polar surface area (TPSA) is 46.6 Å². The Morgan fingerprint density at radius 3 is 2.55 bits per heavy atom. The fraction of sp³-hybridized carbons (Fsp3) is 0.200. The van der Waals surface area contributed by atoms with Gasteiger partial charge in [-0.05, 0) is 51.8 Å². The van der Waals surface area contributed by atoms with Gasteiger partial charge in [0.25, 0.3) is 0 Å². The summed E-state index contributed by atoms with van der Waals surface area (Å²) in [5, 5.41) is 0.579. The van der Waals surface area contributed by atoms with Gasteiger partial charge in [0.05, 0.1) is 16.5 Å². The second kappa shape index (κ2) is 7.00. The Morgan fingerprint density at radius 2 is 1.95 bits per heavy atom. The number of methoxy groups -OCH3 is 1. The first-order valence-corrected chi connectivity index (χ1v) is 9.00. The van der Waals surface area contributed by atoms with Gasteiger partial charge in [-0.3, -0.25) is 0 Å². The summed E-state index contributed by atoms with van der Waals surface area (Å²) in [6.07, 6.45) is 0. The van der Waals surface area contributed by atoms with Crippen molar-refractivity contribution in [2.45, 2.75) is 11.4 Å². The van der Waals surface area contributed by atoms with E-state index in [9.17, 15) is 8.42 Å². The number of sulfonamides is 1. The van der Waals surface area contributed by atoms with Gasteiger partial charge in [0.15, 0.2) is 0 Å². The molecule has 0 radical (unpaired) electrons. The van der Waals surface area contributed by atoms with Gasteiger partial charge in [0.2, 0.25) is 10.0 Å². The molecule has 0 atom stereocenters. The molecule has 0 spiro atoms. The van der Waals surface area contributed by atoms with Gasteiger partial charge in [-0.25, -0.2) is 8.42 Å².